The van der Waals surface area contributed by atoms with E-state index < -0.39 is 10.0 Å². The van der Waals surface area contributed by atoms with Crippen LogP contribution in [0.5, 0.6) is 0 Å². The van der Waals surface area contributed by atoms with E-state index in [0.29, 0.717) is 12.1 Å². The summed E-state index contributed by atoms with van der Waals surface area (Å²) in [5.74, 6) is -0.259. The lowest BCUT2D eigenvalue weighted by molar-refractivity contribution is 0.102. The molecule has 3 rings (SSSR count). The predicted molar refractivity (Wildman–Crippen MR) is 120 cm³/mol. The highest BCUT2D eigenvalue weighted by Crippen LogP contribution is 2.26. The third kappa shape index (κ3) is 5.28. The number of hydrogen-bond donors (Lipinski definition) is 1. The van der Waals surface area contributed by atoms with E-state index in [1.807, 2.05) is 43.3 Å². The summed E-state index contributed by atoms with van der Waals surface area (Å²) in [7, 11) is 2.04. The fraction of sp³-hybridized carbons (Fsp3) is 0.435. The Kier molecular flexibility index (Phi) is 7.28. The van der Waals surface area contributed by atoms with Gasteiger partial charge in [-0.3, -0.25) is 4.79 Å². The molecule has 0 aliphatic heterocycles. The van der Waals surface area contributed by atoms with Gasteiger partial charge in [0.15, 0.2) is 0 Å². The van der Waals surface area contributed by atoms with Gasteiger partial charge in [0.25, 0.3) is 5.91 Å². The van der Waals surface area contributed by atoms with Gasteiger partial charge >= 0.3 is 0 Å². The average molecular weight is 430 g/mol. The molecule has 0 saturated heterocycles. The van der Waals surface area contributed by atoms with Crippen molar-refractivity contribution in [2.45, 2.75) is 49.6 Å². The number of anilines is 1. The van der Waals surface area contributed by atoms with E-state index >= 15 is 0 Å². The first-order chi connectivity index (χ1) is 14.3. The molecule has 0 atom stereocenters. The van der Waals surface area contributed by atoms with Gasteiger partial charge in [0, 0.05) is 30.9 Å². The molecule has 0 bridgehead atoms. The zero-order chi connectivity index (χ0) is 21.7. The lowest BCUT2D eigenvalue weighted by Gasteiger charge is -2.30. The minimum Gasteiger partial charge on any atom is -0.322 e. The van der Waals surface area contributed by atoms with E-state index in [1.54, 1.807) is 19.2 Å². The first-order valence-corrected chi connectivity index (χ1v) is 11.8. The summed E-state index contributed by atoms with van der Waals surface area (Å²) < 4.78 is 27.4. The second kappa shape index (κ2) is 9.73. The molecule has 1 fully saturated rings. The Hall–Kier alpha value is -2.22. The second-order valence-electron chi connectivity index (χ2n) is 8.19. The maximum atomic E-state index is 13.0. The molecule has 1 N–H and O–H groups in total. The smallest absolute Gasteiger partial charge is 0.255 e. The number of nitrogens with zero attached hydrogens (tertiary/aromatic N) is 2. The lowest BCUT2D eigenvalue weighted by Crippen LogP contribution is -2.38. The van der Waals surface area contributed by atoms with Crippen LogP contribution in [0.3, 0.4) is 0 Å². The molecule has 0 aromatic heterocycles. The van der Waals surface area contributed by atoms with Gasteiger partial charge in [-0.25, -0.2) is 8.42 Å². The summed E-state index contributed by atoms with van der Waals surface area (Å²) >= 11 is 0. The number of benzene rings is 2. The molecular weight excluding hydrogens is 398 g/mol. The minimum absolute atomic E-state index is 0.0555. The van der Waals surface area contributed by atoms with Crippen molar-refractivity contribution in [2.24, 2.45) is 0 Å². The van der Waals surface area contributed by atoms with Crippen LogP contribution in [0.15, 0.2) is 53.4 Å². The van der Waals surface area contributed by atoms with Crippen LogP contribution >= 0.6 is 0 Å². The normalized spacial score (nSPS) is 15.5. The third-order valence-corrected chi connectivity index (χ3v) is 7.56. The number of hydrogen-bond acceptors (Lipinski definition) is 4. The highest BCUT2D eigenvalue weighted by atomic mass is 32.2. The summed E-state index contributed by atoms with van der Waals surface area (Å²) in [4.78, 5) is 15.0. The number of para-hydroxylation sites is 1. The molecule has 6 nitrogen and oxygen atoms in total. The number of carbonyl (C=O) groups is 1. The third-order valence-electron chi connectivity index (χ3n) is 5.63. The Labute approximate surface area is 179 Å². The Balaban J connectivity index is 1.73. The van der Waals surface area contributed by atoms with Crippen molar-refractivity contribution in [3.63, 3.8) is 0 Å². The van der Waals surface area contributed by atoms with Gasteiger partial charge in [-0.15, -0.1) is 0 Å². The molecule has 0 radical (unpaired) electrons. The fourth-order valence-corrected chi connectivity index (χ4v) is 5.32. The summed E-state index contributed by atoms with van der Waals surface area (Å²) in [6.07, 6.45) is 5.12. The second-order valence-corrected chi connectivity index (χ2v) is 10.2. The summed E-state index contributed by atoms with van der Waals surface area (Å²) in [5, 5.41) is 2.94. The van der Waals surface area contributed by atoms with Gasteiger partial charge in [0.1, 0.15) is 0 Å². The van der Waals surface area contributed by atoms with Crippen LogP contribution in [-0.2, 0) is 16.6 Å². The van der Waals surface area contributed by atoms with Crippen molar-refractivity contribution in [1.82, 2.24) is 9.21 Å². The maximum absolute atomic E-state index is 13.0. The molecule has 0 heterocycles. The number of nitrogens with one attached hydrogen (secondary N) is 1. The Morgan fingerprint density at radius 3 is 2.23 bits per heavy atom. The minimum atomic E-state index is -3.56. The van der Waals surface area contributed by atoms with E-state index in [9.17, 15) is 13.2 Å². The first-order valence-electron chi connectivity index (χ1n) is 10.4. The molecule has 2 aromatic carbocycles. The van der Waals surface area contributed by atoms with Crippen molar-refractivity contribution in [3.8, 4) is 0 Å². The molecule has 1 aliphatic carbocycles. The molecule has 162 valence electrons. The molecule has 1 aliphatic rings. The zero-order valence-electron chi connectivity index (χ0n) is 18.0. The van der Waals surface area contributed by atoms with Crippen LogP contribution in [0.4, 0.5) is 5.69 Å². The largest absolute Gasteiger partial charge is 0.322 e. The van der Waals surface area contributed by atoms with Crippen molar-refractivity contribution in [1.29, 1.82) is 0 Å². The van der Waals surface area contributed by atoms with Gasteiger partial charge in [-0.05, 0) is 62.8 Å². The van der Waals surface area contributed by atoms with Crippen LogP contribution in [0.25, 0.3) is 0 Å². The number of rotatable bonds is 7. The number of carbonyl (C=O) groups excluding carboxylic acids is 1. The standard InChI is InChI=1S/C23H31N3O3S/c1-25(2)17-19-9-7-8-12-22(19)24-23(27)18-13-15-21(16-14-18)30(28,29)26(3)20-10-5-4-6-11-20/h7-9,12-16,20H,4-6,10-11,17H2,1-3H3,(H,24,27). The fourth-order valence-electron chi connectivity index (χ4n) is 3.90. The van der Waals surface area contributed by atoms with E-state index in [0.717, 1.165) is 36.9 Å². The Morgan fingerprint density at radius 2 is 1.60 bits per heavy atom. The molecule has 1 amide bonds. The summed E-state index contributed by atoms with van der Waals surface area (Å²) in [5.41, 5.74) is 2.20. The number of amides is 1. The SMILES string of the molecule is CN(C)Cc1ccccc1NC(=O)c1ccc(S(=O)(=O)N(C)C2CCCCC2)cc1. The van der Waals surface area contributed by atoms with Gasteiger partial charge in [-0.2, -0.15) is 4.31 Å². The lowest BCUT2D eigenvalue weighted by atomic mass is 9.96. The highest BCUT2D eigenvalue weighted by Gasteiger charge is 2.29. The van der Waals surface area contributed by atoms with E-state index in [-0.39, 0.29) is 16.8 Å². The molecule has 1 saturated carbocycles. The molecular formula is C23H31N3O3S. The van der Waals surface area contributed by atoms with Crippen LogP contribution in [0, 0.1) is 0 Å². The van der Waals surface area contributed by atoms with Crippen molar-refractivity contribution >= 4 is 21.6 Å². The maximum Gasteiger partial charge on any atom is 0.255 e. The van der Waals surface area contributed by atoms with Crippen LogP contribution in [-0.4, -0.2) is 50.7 Å². The number of sulfonamides is 1. The van der Waals surface area contributed by atoms with Crippen LogP contribution in [0.2, 0.25) is 0 Å². The molecule has 7 heteroatoms. The van der Waals surface area contributed by atoms with Gasteiger partial charge in [0.05, 0.1) is 4.90 Å². The first kappa shape index (κ1) is 22.5. The highest BCUT2D eigenvalue weighted by molar-refractivity contribution is 7.89. The van der Waals surface area contributed by atoms with Gasteiger partial charge in [0.2, 0.25) is 10.0 Å². The topological polar surface area (TPSA) is 69.7 Å². The Morgan fingerprint density at radius 1 is 0.967 bits per heavy atom. The van der Waals surface area contributed by atoms with Gasteiger partial charge < -0.3 is 10.2 Å². The monoisotopic (exact) mass is 429 g/mol. The van der Waals surface area contributed by atoms with Crippen LogP contribution < -0.4 is 5.32 Å². The van der Waals surface area contributed by atoms with E-state index in [2.05, 4.69) is 5.32 Å². The molecule has 2 aromatic rings. The van der Waals surface area contributed by atoms with Crippen molar-refractivity contribution < 1.29 is 13.2 Å². The summed E-state index contributed by atoms with van der Waals surface area (Å²) in [6, 6.07) is 13.9. The molecule has 30 heavy (non-hydrogen) atoms. The predicted octanol–water partition coefficient (Wildman–Crippen LogP) is 3.95. The molecule has 0 spiro atoms. The van der Waals surface area contributed by atoms with Crippen molar-refractivity contribution in [2.75, 3.05) is 26.5 Å². The Bertz CT molecular complexity index is 965. The summed E-state index contributed by atoms with van der Waals surface area (Å²) in [6.45, 7) is 0.709. The quantitative estimate of drug-likeness (QED) is 0.723. The van der Waals surface area contributed by atoms with Crippen molar-refractivity contribution in [3.05, 3.63) is 59.7 Å². The van der Waals surface area contributed by atoms with E-state index in [4.69, 9.17) is 0 Å². The van der Waals surface area contributed by atoms with Gasteiger partial charge in [-0.1, -0.05) is 37.5 Å². The average Bonchev–Trinajstić information content (AvgIpc) is 2.75. The van der Waals surface area contributed by atoms with Crippen LogP contribution in [0.1, 0.15) is 48.0 Å². The zero-order valence-corrected chi connectivity index (χ0v) is 18.8. The van der Waals surface area contributed by atoms with E-state index in [1.165, 1.54) is 22.9 Å². The molecule has 0 unspecified atom stereocenters.